The first-order chi connectivity index (χ1) is 9.62. The minimum Gasteiger partial charge on any atom is -0.395 e. The van der Waals surface area contributed by atoms with E-state index in [1.165, 1.54) is 11.3 Å². The van der Waals surface area contributed by atoms with E-state index >= 15 is 0 Å². The second-order valence-electron chi connectivity index (χ2n) is 5.59. The highest BCUT2D eigenvalue weighted by molar-refractivity contribution is 5.48. The topological polar surface area (TPSA) is 35.5 Å². The third-order valence-electron chi connectivity index (χ3n) is 3.71. The van der Waals surface area contributed by atoms with Crippen LogP contribution in [0.15, 0.2) is 24.3 Å². The second kappa shape index (κ2) is 8.98. The number of anilines is 1. The predicted octanol–water partition coefficient (Wildman–Crippen LogP) is 3.17. The van der Waals surface area contributed by atoms with E-state index in [1.54, 1.807) is 0 Å². The Kier molecular flexibility index (Phi) is 7.63. The molecule has 0 heterocycles. The van der Waals surface area contributed by atoms with E-state index in [4.69, 9.17) is 0 Å². The molecule has 20 heavy (non-hydrogen) atoms. The predicted molar refractivity (Wildman–Crippen MR) is 87.2 cm³/mol. The zero-order valence-electron chi connectivity index (χ0n) is 13.4. The Morgan fingerprint density at radius 3 is 2.15 bits per heavy atom. The fourth-order valence-electron chi connectivity index (χ4n) is 2.49. The lowest BCUT2D eigenvalue weighted by molar-refractivity contribution is 0.296. The molecule has 1 aromatic rings. The standard InChI is InChI=1S/C17H30N2O/c1-5-16(6-2)19(11-12-20)17-9-7-15(8-10-17)13-18-14(3)4/h7-10,14,16,18,20H,5-6,11-13H2,1-4H3. The monoisotopic (exact) mass is 278 g/mol. The average molecular weight is 278 g/mol. The highest BCUT2D eigenvalue weighted by atomic mass is 16.3. The molecule has 0 atom stereocenters. The van der Waals surface area contributed by atoms with Crippen molar-refractivity contribution in [3.63, 3.8) is 0 Å². The molecule has 0 saturated carbocycles. The van der Waals surface area contributed by atoms with E-state index in [1.807, 2.05) is 0 Å². The molecule has 2 N–H and O–H groups in total. The van der Waals surface area contributed by atoms with Crippen molar-refractivity contribution in [2.75, 3.05) is 18.1 Å². The van der Waals surface area contributed by atoms with Crippen molar-refractivity contribution in [3.05, 3.63) is 29.8 Å². The van der Waals surface area contributed by atoms with Crippen LogP contribution in [-0.4, -0.2) is 30.3 Å². The van der Waals surface area contributed by atoms with E-state index in [0.29, 0.717) is 18.6 Å². The number of nitrogens with zero attached hydrogens (tertiary/aromatic N) is 1. The lowest BCUT2D eigenvalue weighted by atomic mass is 10.1. The van der Waals surface area contributed by atoms with Crippen LogP contribution in [0.2, 0.25) is 0 Å². The van der Waals surface area contributed by atoms with Crippen LogP contribution in [-0.2, 0) is 6.54 Å². The van der Waals surface area contributed by atoms with Crippen molar-refractivity contribution < 1.29 is 5.11 Å². The van der Waals surface area contributed by atoms with E-state index in [-0.39, 0.29) is 6.61 Å². The van der Waals surface area contributed by atoms with Gasteiger partial charge in [-0.25, -0.2) is 0 Å². The van der Waals surface area contributed by atoms with Crippen LogP contribution in [0, 0.1) is 0 Å². The summed E-state index contributed by atoms with van der Waals surface area (Å²) in [6, 6.07) is 9.71. The molecule has 0 aliphatic carbocycles. The van der Waals surface area contributed by atoms with Gasteiger partial charge in [0.1, 0.15) is 0 Å². The van der Waals surface area contributed by atoms with Gasteiger partial charge in [-0.15, -0.1) is 0 Å². The summed E-state index contributed by atoms with van der Waals surface area (Å²) in [5.41, 5.74) is 2.51. The summed E-state index contributed by atoms with van der Waals surface area (Å²) in [5, 5.41) is 12.7. The van der Waals surface area contributed by atoms with Gasteiger partial charge >= 0.3 is 0 Å². The normalized spacial score (nSPS) is 11.3. The Balaban J connectivity index is 2.76. The van der Waals surface area contributed by atoms with Gasteiger partial charge in [0, 0.05) is 30.9 Å². The number of benzene rings is 1. The van der Waals surface area contributed by atoms with Crippen molar-refractivity contribution in [1.29, 1.82) is 0 Å². The first kappa shape index (κ1) is 17.0. The molecule has 0 aromatic heterocycles. The molecule has 1 rings (SSSR count). The Bertz CT molecular complexity index is 358. The number of hydrogen-bond donors (Lipinski definition) is 2. The number of aliphatic hydroxyl groups is 1. The van der Waals surface area contributed by atoms with Crippen LogP contribution in [0.1, 0.15) is 46.1 Å². The van der Waals surface area contributed by atoms with Gasteiger partial charge in [-0.2, -0.15) is 0 Å². The fourth-order valence-corrected chi connectivity index (χ4v) is 2.49. The van der Waals surface area contributed by atoms with Crippen molar-refractivity contribution in [2.24, 2.45) is 0 Å². The second-order valence-corrected chi connectivity index (χ2v) is 5.59. The van der Waals surface area contributed by atoms with Gasteiger partial charge in [0.05, 0.1) is 6.61 Å². The third-order valence-corrected chi connectivity index (χ3v) is 3.71. The highest BCUT2D eigenvalue weighted by Crippen LogP contribution is 2.21. The zero-order valence-corrected chi connectivity index (χ0v) is 13.4. The molecular formula is C17H30N2O. The minimum absolute atomic E-state index is 0.202. The maximum atomic E-state index is 9.29. The average Bonchev–Trinajstić information content (AvgIpc) is 2.46. The van der Waals surface area contributed by atoms with E-state index in [0.717, 1.165) is 19.4 Å². The van der Waals surface area contributed by atoms with E-state index in [2.05, 4.69) is 62.2 Å². The summed E-state index contributed by atoms with van der Waals surface area (Å²) in [6.45, 7) is 10.5. The molecule has 3 nitrogen and oxygen atoms in total. The van der Waals surface area contributed by atoms with Gasteiger partial charge in [0.15, 0.2) is 0 Å². The fraction of sp³-hybridized carbons (Fsp3) is 0.647. The third kappa shape index (κ3) is 5.14. The molecule has 114 valence electrons. The van der Waals surface area contributed by atoms with Crippen LogP contribution in [0.25, 0.3) is 0 Å². The van der Waals surface area contributed by atoms with Crippen LogP contribution >= 0.6 is 0 Å². The Morgan fingerprint density at radius 2 is 1.70 bits per heavy atom. The molecule has 1 aromatic carbocycles. The van der Waals surface area contributed by atoms with E-state index in [9.17, 15) is 5.11 Å². The molecule has 0 saturated heterocycles. The molecule has 0 radical (unpaired) electrons. The Labute approximate surface area is 124 Å². The van der Waals surface area contributed by atoms with Crippen LogP contribution < -0.4 is 10.2 Å². The molecule has 0 aliphatic rings. The van der Waals surface area contributed by atoms with Crippen LogP contribution in [0.3, 0.4) is 0 Å². The quantitative estimate of drug-likeness (QED) is 0.728. The SMILES string of the molecule is CCC(CC)N(CCO)c1ccc(CNC(C)C)cc1. The lowest BCUT2D eigenvalue weighted by Crippen LogP contribution is -2.36. The highest BCUT2D eigenvalue weighted by Gasteiger charge is 2.14. The van der Waals surface area contributed by atoms with Gasteiger partial charge in [-0.1, -0.05) is 39.8 Å². The van der Waals surface area contributed by atoms with Gasteiger partial charge in [-0.3, -0.25) is 0 Å². The van der Waals surface area contributed by atoms with Gasteiger partial charge in [0.2, 0.25) is 0 Å². The summed E-state index contributed by atoms with van der Waals surface area (Å²) >= 11 is 0. The van der Waals surface area contributed by atoms with Crippen molar-refractivity contribution in [2.45, 2.75) is 59.2 Å². The van der Waals surface area contributed by atoms with Crippen LogP contribution in [0.4, 0.5) is 5.69 Å². The summed E-state index contributed by atoms with van der Waals surface area (Å²) < 4.78 is 0. The van der Waals surface area contributed by atoms with Crippen LogP contribution in [0.5, 0.6) is 0 Å². The van der Waals surface area contributed by atoms with Crippen molar-refractivity contribution in [3.8, 4) is 0 Å². The number of rotatable bonds is 9. The molecule has 0 unspecified atom stereocenters. The maximum Gasteiger partial charge on any atom is 0.0606 e. The van der Waals surface area contributed by atoms with Crippen molar-refractivity contribution in [1.82, 2.24) is 5.32 Å². The molecule has 0 bridgehead atoms. The summed E-state index contributed by atoms with van der Waals surface area (Å²) in [5.74, 6) is 0. The van der Waals surface area contributed by atoms with Gasteiger partial charge in [-0.05, 0) is 30.5 Å². The first-order valence-corrected chi connectivity index (χ1v) is 7.82. The van der Waals surface area contributed by atoms with E-state index < -0.39 is 0 Å². The number of nitrogens with one attached hydrogen (secondary N) is 1. The van der Waals surface area contributed by atoms with Crippen molar-refractivity contribution >= 4 is 5.69 Å². The molecule has 3 heteroatoms. The molecule has 0 fully saturated rings. The molecular weight excluding hydrogens is 248 g/mol. The zero-order chi connectivity index (χ0) is 15.0. The van der Waals surface area contributed by atoms with Gasteiger partial charge < -0.3 is 15.3 Å². The maximum absolute atomic E-state index is 9.29. The number of hydrogen-bond acceptors (Lipinski definition) is 3. The molecule has 0 amide bonds. The number of aliphatic hydroxyl groups excluding tert-OH is 1. The Morgan fingerprint density at radius 1 is 1.10 bits per heavy atom. The smallest absolute Gasteiger partial charge is 0.0606 e. The largest absolute Gasteiger partial charge is 0.395 e. The Hall–Kier alpha value is -1.06. The summed E-state index contributed by atoms with van der Waals surface area (Å²) in [4.78, 5) is 2.32. The molecule has 0 aliphatic heterocycles. The molecule has 0 spiro atoms. The minimum atomic E-state index is 0.202. The summed E-state index contributed by atoms with van der Waals surface area (Å²) in [7, 11) is 0. The van der Waals surface area contributed by atoms with Gasteiger partial charge in [0.25, 0.3) is 0 Å². The summed E-state index contributed by atoms with van der Waals surface area (Å²) in [6.07, 6.45) is 2.21. The first-order valence-electron chi connectivity index (χ1n) is 7.82. The lowest BCUT2D eigenvalue weighted by Gasteiger charge is -2.32.